The molecule has 0 bridgehead atoms. The minimum absolute atomic E-state index is 0.262. The average molecular weight is 454 g/mol. The van der Waals surface area contributed by atoms with Crippen molar-refractivity contribution in [1.82, 2.24) is 4.90 Å². The molecule has 2 aromatic rings. The standard InChI is InChI=1S/C25H31N3O5/c1-4-16-32-22-11-6-19(17-23(22)31-3)25(30)33-18-24(29)26-20-7-9-21(10-8-20)28-14-12-27(5-2)13-15-28/h4,6-11,17H,1,5,12-16,18H2,2-3H3,(H,26,29). The molecular weight excluding hydrogens is 422 g/mol. The Morgan fingerprint density at radius 1 is 1.06 bits per heavy atom. The molecule has 8 heteroatoms. The molecule has 1 heterocycles. The number of amides is 1. The fourth-order valence-corrected chi connectivity index (χ4v) is 3.55. The van der Waals surface area contributed by atoms with Crippen LogP contribution in [0.5, 0.6) is 11.5 Å². The first-order valence-corrected chi connectivity index (χ1v) is 11.0. The van der Waals surface area contributed by atoms with Crippen LogP contribution in [0.25, 0.3) is 0 Å². The second kappa shape index (κ2) is 11.9. The van der Waals surface area contributed by atoms with Crippen molar-refractivity contribution in [2.45, 2.75) is 6.92 Å². The van der Waals surface area contributed by atoms with Crippen LogP contribution in [-0.4, -0.2) is 69.8 Å². The van der Waals surface area contributed by atoms with Crippen LogP contribution < -0.4 is 19.7 Å². The number of ether oxygens (including phenoxy) is 3. The molecule has 1 N–H and O–H groups in total. The third-order valence-corrected chi connectivity index (χ3v) is 5.43. The van der Waals surface area contributed by atoms with Crippen molar-refractivity contribution in [2.24, 2.45) is 0 Å². The highest BCUT2D eigenvalue weighted by Gasteiger charge is 2.16. The normalized spacial score (nSPS) is 13.8. The second-order valence-corrected chi connectivity index (χ2v) is 7.56. The smallest absolute Gasteiger partial charge is 0.338 e. The van der Waals surface area contributed by atoms with Crippen LogP contribution in [0.4, 0.5) is 11.4 Å². The largest absolute Gasteiger partial charge is 0.493 e. The number of piperazine rings is 1. The van der Waals surface area contributed by atoms with Gasteiger partial charge < -0.3 is 29.3 Å². The summed E-state index contributed by atoms with van der Waals surface area (Å²) in [7, 11) is 1.48. The fourth-order valence-electron chi connectivity index (χ4n) is 3.55. The number of carbonyl (C=O) groups excluding carboxylic acids is 2. The molecule has 0 aromatic heterocycles. The van der Waals surface area contributed by atoms with Gasteiger partial charge in [0.15, 0.2) is 18.1 Å². The minimum atomic E-state index is -0.625. The monoisotopic (exact) mass is 453 g/mol. The molecule has 3 rings (SSSR count). The summed E-state index contributed by atoms with van der Waals surface area (Å²) in [5.41, 5.74) is 2.04. The lowest BCUT2D eigenvalue weighted by atomic mass is 10.2. The van der Waals surface area contributed by atoms with Crippen molar-refractivity contribution >= 4 is 23.3 Å². The number of hydrogen-bond donors (Lipinski definition) is 1. The molecule has 0 radical (unpaired) electrons. The first kappa shape index (κ1) is 24.1. The minimum Gasteiger partial charge on any atom is -0.493 e. The molecule has 1 aliphatic rings. The Balaban J connectivity index is 1.49. The zero-order chi connectivity index (χ0) is 23.6. The van der Waals surface area contributed by atoms with E-state index in [9.17, 15) is 9.59 Å². The summed E-state index contributed by atoms with van der Waals surface area (Å²) in [5.74, 6) is -0.153. The number of anilines is 2. The maximum Gasteiger partial charge on any atom is 0.338 e. The van der Waals surface area contributed by atoms with Gasteiger partial charge in [-0.1, -0.05) is 19.6 Å². The van der Waals surface area contributed by atoms with Crippen LogP contribution in [0.3, 0.4) is 0 Å². The molecule has 176 valence electrons. The Kier molecular flexibility index (Phi) is 8.71. The van der Waals surface area contributed by atoms with Gasteiger partial charge in [-0.15, -0.1) is 0 Å². The number of carbonyl (C=O) groups is 2. The third kappa shape index (κ3) is 6.73. The zero-order valence-corrected chi connectivity index (χ0v) is 19.2. The number of esters is 1. The van der Waals surface area contributed by atoms with Crippen LogP contribution in [0.15, 0.2) is 55.1 Å². The fraction of sp³-hybridized carbons (Fsp3) is 0.360. The summed E-state index contributed by atoms with van der Waals surface area (Å²) < 4.78 is 15.9. The van der Waals surface area contributed by atoms with Crippen molar-refractivity contribution in [1.29, 1.82) is 0 Å². The van der Waals surface area contributed by atoms with Crippen LogP contribution in [0.2, 0.25) is 0 Å². The molecule has 2 aromatic carbocycles. The molecule has 1 aliphatic heterocycles. The number of rotatable bonds is 10. The Bertz CT molecular complexity index is 953. The summed E-state index contributed by atoms with van der Waals surface area (Å²) in [6, 6.07) is 12.4. The highest BCUT2D eigenvalue weighted by molar-refractivity contribution is 5.95. The SMILES string of the molecule is C=CCOc1ccc(C(=O)OCC(=O)Nc2ccc(N3CCN(CC)CC3)cc2)cc1OC. The lowest BCUT2D eigenvalue weighted by Crippen LogP contribution is -2.46. The molecule has 0 saturated carbocycles. The Labute approximate surface area is 194 Å². The van der Waals surface area contributed by atoms with Crippen LogP contribution in [0, 0.1) is 0 Å². The Morgan fingerprint density at radius 2 is 1.79 bits per heavy atom. The summed E-state index contributed by atoms with van der Waals surface area (Å²) in [6.45, 7) is 10.9. The van der Waals surface area contributed by atoms with Gasteiger partial charge in [0.1, 0.15) is 6.61 Å². The number of likely N-dealkylation sites (N-methyl/N-ethyl adjacent to an activating group) is 1. The molecule has 8 nitrogen and oxygen atoms in total. The molecule has 1 saturated heterocycles. The molecule has 0 unspecified atom stereocenters. The molecular formula is C25H31N3O5. The van der Waals surface area contributed by atoms with E-state index in [-0.39, 0.29) is 5.56 Å². The molecule has 33 heavy (non-hydrogen) atoms. The van der Waals surface area contributed by atoms with Gasteiger partial charge in [0, 0.05) is 37.6 Å². The average Bonchev–Trinajstić information content (AvgIpc) is 2.86. The van der Waals surface area contributed by atoms with Gasteiger partial charge >= 0.3 is 5.97 Å². The highest BCUT2D eigenvalue weighted by atomic mass is 16.5. The van der Waals surface area contributed by atoms with Crippen molar-refractivity contribution in [3.8, 4) is 11.5 Å². The maximum atomic E-state index is 12.3. The van der Waals surface area contributed by atoms with Crippen molar-refractivity contribution in [3.05, 3.63) is 60.7 Å². The van der Waals surface area contributed by atoms with E-state index >= 15 is 0 Å². The van der Waals surface area contributed by atoms with Gasteiger partial charge in [-0.2, -0.15) is 0 Å². The number of benzene rings is 2. The van der Waals surface area contributed by atoms with E-state index in [0.29, 0.717) is 23.8 Å². The topological polar surface area (TPSA) is 80.3 Å². The number of nitrogens with zero attached hydrogens (tertiary/aromatic N) is 2. The van der Waals surface area contributed by atoms with E-state index in [2.05, 4.69) is 28.6 Å². The van der Waals surface area contributed by atoms with Crippen LogP contribution in [0.1, 0.15) is 17.3 Å². The van der Waals surface area contributed by atoms with Crippen molar-refractivity contribution in [2.75, 3.05) is 63.3 Å². The summed E-state index contributed by atoms with van der Waals surface area (Å²) in [6.07, 6.45) is 1.61. The summed E-state index contributed by atoms with van der Waals surface area (Å²) >= 11 is 0. The molecule has 1 amide bonds. The van der Waals surface area contributed by atoms with Gasteiger partial charge in [0.05, 0.1) is 12.7 Å². The zero-order valence-electron chi connectivity index (χ0n) is 19.2. The van der Waals surface area contributed by atoms with Crippen molar-refractivity contribution < 1.29 is 23.8 Å². The molecule has 0 aliphatic carbocycles. The lowest BCUT2D eigenvalue weighted by molar-refractivity contribution is -0.119. The van der Waals surface area contributed by atoms with E-state index in [1.807, 2.05) is 24.3 Å². The maximum absolute atomic E-state index is 12.3. The number of nitrogens with one attached hydrogen (secondary N) is 1. The second-order valence-electron chi connectivity index (χ2n) is 7.56. The lowest BCUT2D eigenvalue weighted by Gasteiger charge is -2.35. The van der Waals surface area contributed by atoms with E-state index in [4.69, 9.17) is 14.2 Å². The van der Waals surface area contributed by atoms with Gasteiger partial charge in [0.2, 0.25) is 0 Å². The van der Waals surface area contributed by atoms with Gasteiger partial charge in [-0.05, 0) is 49.0 Å². The highest BCUT2D eigenvalue weighted by Crippen LogP contribution is 2.28. The number of hydrogen-bond acceptors (Lipinski definition) is 7. The van der Waals surface area contributed by atoms with Gasteiger partial charge in [0.25, 0.3) is 5.91 Å². The Morgan fingerprint density at radius 3 is 2.42 bits per heavy atom. The summed E-state index contributed by atoms with van der Waals surface area (Å²) in [5, 5.41) is 2.75. The van der Waals surface area contributed by atoms with Crippen LogP contribution in [-0.2, 0) is 9.53 Å². The Hall–Kier alpha value is -3.52. The predicted octanol–water partition coefficient (Wildman–Crippen LogP) is 3.20. The summed E-state index contributed by atoms with van der Waals surface area (Å²) in [4.78, 5) is 29.3. The first-order chi connectivity index (χ1) is 16.0. The molecule has 1 fully saturated rings. The predicted molar refractivity (Wildman–Crippen MR) is 128 cm³/mol. The van der Waals surface area contributed by atoms with Gasteiger partial charge in [-0.3, -0.25) is 4.79 Å². The van der Waals surface area contributed by atoms with Crippen molar-refractivity contribution in [3.63, 3.8) is 0 Å². The van der Waals surface area contributed by atoms with E-state index < -0.39 is 18.5 Å². The molecule has 0 atom stereocenters. The number of methoxy groups -OCH3 is 1. The quantitative estimate of drug-likeness (QED) is 0.437. The van der Waals surface area contributed by atoms with Crippen LogP contribution >= 0.6 is 0 Å². The van der Waals surface area contributed by atoms with E-state index in [1.54, 1.807) is 18.2 Å². The first-order valence-electron chi connectivity index (χ1n) is 11.0. The van der Waals surface area contributed by atoms with E-state index in [0.717, 1.165) is 38.4 Å². The van der Waals surface area contributed by atoms with Gasteiger partial charge in [-0.25, -0.2) is 4.79 Å². The van der Waals surface area contributed by atoms with E-state index in [1.165, 1.54) is 13.2 Å². The third-order valence-electron chi connectivity index (χ3n) is 5.43. The molecule has 0 spiro atoms.